The number of carbonyl (C=O) groups excluding carboxylic acids is 1. The van der Waals surface area contributed by atoms with Crippen molar-refractivity contribution in [2.45, 2.75) is 39.3 Å². The van der Waals surface area contributed by atoms with Crippen molar-refractivity contribution in [1.29, 1.82) is 0 Å². The van der Waals surface area contributed by atoms with Gasteiger partial charge in [0.1, 0.15) is 11.2 Å². The monoisotopic (exact) mass is 419 g/mol. The van der Waals surface area contributed by atoms with E-state index in [1.54, 1.807) is 23.8 Å². The summed E-state index contributed by atoms with van der Waals surface area (Å²) in [5, 5.41) is 7.70. The maximum atomic E-state index is 13.1. The lowest BCUT2D eigenvalue weighted by atomic mass is 10.1. The molecule has 3 aromatic rings. The van der Waals surface area contributed by atoms with Crippen LogP contribution in [0.3, 0.4) is 0 Å². The first-order chi connectivity index (χ1) is 15.0. The quantitative estimate of drug-likeness (QED) is 0.376. The van der Waals surface area contributed by atoms with Gasteiger partial charge in [0, 0.05) is 25.7 Å². The van der Waals surface area contributed by atoms with Gasteiger partial charge in [-0.05, 0) is 37.0 Å². The molecule has 0 radical (unpaired) electrons. The molecule has 8 nitrogen and oxygen atoms in total. The topological polar surface area (TPSA) is 97.6 Å². The van der Waals surface area contributed by atoms with Crippen molar-refractivity contribution in [2.75, 3.05) is 12.4 Å². The van der Waals surface area contributed by atoms with Gasteiger partial charge < -0.3 is 14.6 Å². The highest BCUT2D eigenvalue weighted by molar-refractivity contribution is 5.97. The molecule has 1 amide bonds. The van der Waals surface area contributed by atoms with Crippen LogP contribution in [0.2, 0.25) is 0 Å². The molecule has 31 heavy (non-hydrogen) atoms. The first-order valence-electron chi connectivity index (χ1n) is 10.2. The number of nitrogens with zero attached hydrogens (tertiary/aromatic N) is 3. The maximum Gasteiger partial charge on any atom is 0.276 e. The van der Waals surface area contributed by atoms with Crippen LogP contribution < -0.4 is 16.2 Å². The number of methoxy groups -OCH3 is 1. The van der Waals surface area contributed by atoms with E-state index < -0.39 is 5.91 Å². The Kier molecular flexibility index (Phi) is 5.70. The van der Waals surface area contributed by atoms with E-state index in [0.29, 0.717) is 17.6 Å². The normalized spacial score (nSPS) is 13.8. The number of hydrazone groups is 1. The molecule has 8 heteroatoms. The molecular weight excluding hydrogens is 394 g/mol. The molecule has 2 N–H and O–H groups in total. The Morgan fingerprint density at radius 1 is 1.29 bits per heavy atom. The molecule has 0 saturated heterocycles. The van der Waals surface area contributed by atoms with E-state index in [1.165, 1.54) is 24.4 Å². The lowest BCUT2D eigenvalue weighted by molar-refractivity contribution is 0.0951. The van der Waals surface area contributed by atoms with E-state index in [1.807, 2.05) is 6.92 Å². The van der Waals surface area contributed by atoms with Crippen LogP contribution in [0.15, 0.2) is 52.6 Å². The zero-order valence-corrected chi connectivity index (χ0v) is 17.8. The standard InChI is InChI=1S/C23H25N5O3/c1-4-28-13-20(23(30)27-26-14(2)31-3)21(29)19-11-18(12-24-22(19)28)25-17-9-15-7-5-6-8-16(15)10-17/h5-8,11-13,17,25H,4,9-10H2,1-3H3,(H,27,30)/b26-14+. The van der Waals surface area contributed by atoms with Gasteiger partial charge in [0.05, 0.1) is 24.4 Å². The summed E-state index contributed by atoms with van der Waals surface area (Å²) in [6, 6.07) is 10.4. The van der Waals surface area contributed by atoms with Gasteiger partial charge in [0.25, 0.3) is 5.91 Å². The van der Waals surface area contributed by atoms with E-state index in [9.17, 15) is 9.59 Å². The van der Waals surface area contributed by atoms with Crippen molar-refractivity contribution >= 4 is 28.5 Å². The molecule has 0 atom stereocenters. The van der Waals surface area contributed by atoms with Gasteiger partial charge in [-0.2, -0.15) is 0 Å². The highest BCUT2D eigenvalue weighted by Crippen LogP contribution is 2.25. The molecule has 160 valence electrons. The predicted octanol–water partition coefficient (Wildman–Crippen LogP) is 2.71. The van der Waals surface area contributed by atoms with Gasteiger partial charge in [0.15, 0.2) is 0 Å². The van der Waals surface area contributed by atoms with Crippen LogP contribution in [-0.4, -0.2) is 34.5 Å². The zero-order valence-electron chi connectivity index (χ0n) is 17.8. The first kappa shape index (κ1) is 20.6. The second-order valence-electron chi connectivity index (χ2n) is 7.55. The molecular formula is C23H25N5O3. The fraction of sp³-hybridized carbons (Fsp3) is 0.304. The minimum absolute atomic E-state index is 0.00854. The highest BCUT2D eigenvalue weighted by atomic mass is 16.5. The Bertz CT molecular complexity index is 1210. The number of fused-ring (bicyclic) bond motifs is 2. The van der Waals surface area contributed by atoms with Crippen LogP contribution in [0.1, 0.15) is 35.3 Å². The maximum absolute atomic E-state index is 13.1. The number of aryl methyl sites for hydroxylation is 1. The van der Waals surface area contributed by atoms with Gasteiger partial charge in [-0.25, -0.2) is 10.4 Å². The van der Waals surface area contributed by atoms with Crippen LogP contribution in [-0.2, 0) is 24.1 Å². The van der Waals surface area contributed by atoms with Gasteiger partial charge in [-0.1, -0.05) is 24.3 Å². The summed E-state index contributed by atoms with van der Waals surface area (Å²) in [4.78, 5) is 30.2. The number of ether oxygens (including phenoxy) is 1. The van der Waals surface area contributed by atoms with Crippen molar-refractivity contribution in [3.63, 3.8) is 0 Å². The number of benzene rings is 1. The third-order valence-electron chi connectivity index (χ3n) is 5.53. The van der Waals surface area contributed by atoms with Gasteiger partial charge in [-0.3, -0.25) is 9.59 Å². The van der Waals surface area contributed by atoms with Crippen LogP contribution >= 0.6 is 0 Å². The van der Waals surface area contributed by atoms with Crippen LogP contribution in [0, 0.1) is 0 Å². The largest absolute Gasteiger partial charge is 0.483 e. The third-order valence-corrected chi connectivity index (χ3v) is 5.53. The summed E-state index contributed by atoms with van der Waals surface area (Å²) in [7, 11) is 1.45. The van der Waals surface area contributed by atoms with E-state index >= 15 is 0 Å². The predicted molar refractivity (Wildman–Crippen MR) is 121 cm³/mol. The molecule has 2 aromatic heterocycles. The molecule has 2 heterocycles. The second-order valence-corrected chi connectivity index (χ2v) is 7.55. The minimum atomic E-state index is -0.588. The molecule has 0 bridgehead atoms. The molecule has 4 rings (SSSR count). The summed E-state index contributed by atoms with van der Waals surface area (Å²) in [5.74, 6) is -0.300. The Hall–Kier alpha value is -3.68. The summed E-state index contributed by atoms with van der Waals surface area (Å²) in [6.07, 6.45) is 5.10. The number of hydrogen-bond donors (Lipinski definition) is 2. The first-order valence-corrected chi connectivity index (χ1v) is 10.2. The zero-order chi connectivity index (χ0) is 22.0. The number of anilines is 1. The molecule has 1 aromatic carbocycles. The van der Waals surface area contributed by atoms with Crippen molar-refractivity contribution in [3.05, 3.63) is 69.6 Å². The summed E-state index contributed by atoms with van der Waals surface area (Å²) in [5.41, 5.74) is 5.98. The average molecular weight is 419 g/mol. The molecule has 0 aliphatic heterocycles. The van der Waals surface area contributed by atoms with Crippen molar-refractivity contribution < 1.29 is 9.53 Å². The van der Waals surface area contributed by atoms with E-state index in [4.69, 9.17) is 4.74 Å². The molecule has 0 fully saturated rings. The smallest absolute Gasteiger partial charge is 0.276 e. The number of aromatic nitrogens is 2. The number of nitrogens with one attached hydrogen (secondary N) is 2. The molecule has 0 saturated carbocycles. The Morgan fingerprint density at radius 2 is 2.00 bits per heavy atom. The molecule has 0 spiro atoms. The minimum Gasteiger partial charge on any atom is -0.483 e. The fourth-order valence-corrected chi connectivity index (χ4v) is 3.89. The third kappa shape index (κ3) is 4.14. The number of amides is 1. The second kappa shape index (κ2) is 8.59. The summed E-state index contributed by atoms with van der Waals surface area (Å²) >= 11 is 0. The fourth-order valence-electron chi connectivity index (χ4n) is 3.89. The number of rotatable bonds is 5. The van der Waals surface area contributed by atoms with Crippen molar-refractivity contribution in [2.24, 2.45) is 5.10 Å². The van der Waals surface area contributed by atoms with Crippen LogP contribution in [0.25, 0.3) is 11.0 Å². The summed E-state index contributed by atoms with van der Waals surface area (Å²) in [6.45, 7) is 4.10. The lowest BCUT2D eigenvalue weighted by Gasteiger charge is -2.15. The van der Waals surface area contributed by atoms with Crippen molar-refractivity contribution in [1.82, 2.24) is 15.0 Å². The summed E-state index contributed by atoms with van der Waals surface area (Å²) < 4.78 is 6.70. The van der Waals surface area contributed by atoms with E-state index in [0.717, 1.165) is 18.5 Å². The number of hydrogen-bond acceptors (Lipinski definition) is 6. The van der Waals surface area contributed by atoms with Gasteiger partial charge in [-0.15, -0.1) is 5.10 Å². The average Bonchev–Trinajstić information content (AvgIpc) is 3.20. The molecule has 0 unspecified atom stereocenters. The van der Waals surface area contributed by atoms with Gasteiger partial charge in [0.2, 0.25) is 11.3 Å². The Balaban J connectivity index is 1.66. The van der Waals surface area contributed by atoms with Crippen molar-refractivity contribution in [3.8, 4) is 0 Å². The molecule has 1 aliphatic rings. The van der Waals surface area contributed by atoms with Crippen LogP contribution in [0.5, 0.6) is 0 Å². The van der Waals surface area contributed by atoms with E-state index in [2.05, 4.69) is 45.1 Å². The SMILES string of the molecule is CCn1cc(C(=O)N/N=C(\C)OC)c(=O)c2cc(NC3Cc4ccccc4C3)cnc21. The Morgan fingerprint density at radius 3 is 2.65 bits per heavy atom. The highest BCUT2D eigenvalue weighted by Gasteiger charge is 2.21. The number of carbonyl (C=O) groups is 1. The lowest BCUT2D eigenvalue weighted by Crippen LogP contribution is -2.28. The van der Waals surface area contributed by atoms with Crippen LogP contribution in [0.4, 0.5) is 5.69 Å². The van der Waals surface area contributed by atoms with E-state index in [-0.39, 0.29) is 22.9 Å². The van der Waals surface area contributed by atoms with Gasteiger partial charge >= 0.3 is 0 Å². The molecule has 1 aliphatic carbocycles. The number of pyridine rings is 2. The Labute approximate surface area is 179 Å².